The summed E-state index contributed by atoms with van der Waals surface area (Å²) < 4.78 is 37.2. The molecule has 1 aromatic carbocycles. The van der Waals surface area contributed by atoms with Gasteiger partial charge >= 0.3 is 0 Å². The molecule has 1 aliphatic carbocycles. The standard InChI is InChI=1S/C29H44FN5O2S/c1-21(2)22-5-8-24(9-6-22)34-17-12-25(13-18-34)35-28-10-7-23(30)19-26(28)27(20-33-15-3-4-16-33)29(35)11-14-31-32-38(36)37/h7,10,19,24-25,31-32H,3-6,8-9,11-18,20H2,1-2H3,(H,36,37). The Hall–Kier alpha value is -1.62. The summed E-state index contributed by atoms with van der Waals surface area (Å²) in [5, 5.41) is 1.02. The van der Waals surface area contributed by atoms with E-state index in [1.807, 2.05) is 6.07 Å². The van der Waals surface area contributed by atoms with E-state index in [-0.39, 0.29) is 5.82 Å². The number of hydrazine groups is 1. The van der Waals surface area contributed by atoms with Crippen LogP contribution in [-0.4, -0.2) is 61.9 Å². The summed E-state index contributed by atoms with van der Waals surface area (Å²) in [6.45, 7) is 10.2. The van der Waals surface area contributed by atoms with Gasteiger partial charge in [0.1, 0.15) is 5.82 Å². The maximum atomic E-state index is 14.5. The van der Waals surface area contributed by atoms with Crippen LogP contribution in [0.25, 0.3) is 10.9 Å². The Morgan fingerprint density at radius 3 is 2.42 bits per heavy atom. The molecule has 1 unspecified atom stereocenters. The van der Waals surface area contributed by atoms with Crippen LogP contribution in [0.15, 0.2) is 29.3 Å². The van der Waals surface area contributed by atoms with E-state index in [4.69, 9.17) is 4.55 Å². The highest BCUT2D eigenvalue weighted by Gasteiger charge is 2.31. The molecule has 0 radical (unpaired) electrons. The molecular weight excluding hydrogens is 501 g/mol. The van der Waals surface area contributed by atoms with Crippen molar-refractivity contribution in [3.63, 3.8) is 0 Å². The molecule has 3 heterocycles. The number of hydrogen-bond donors (Lipinski definition) is 3. The molecule has 3 aliphatic rings. The number of piperidine rings is 1. The fraction of sp³-hybridized carbons (Fsp3) is 0.655. The Balaban J connectivity index is 1.38. The quantitative estimate of drug-likeness (QED) is 0.178. The van der Waals surface area contributed by atoms with E-state index in [2.05, 4.69) is 38.5 Å². The monoisotopic (exact) mass is 545 g/mol. The van der Waals surface area contributed by atoms with Crippen molar-refractivity contribution >= 4 is 22.2 Å². The molecule has 2 aromatic rings. The maximum Gasteiger partial charge on any atom is 0.245 e. The van der Waals surface area contributed by atoms with Gasteiger partial charge in [-0.15, -0.1) is 0 Å². The molecule has 3 N–H and O–H groups in total. The summed E-state index contributed by atoms with van der Waals surface area (Å²) in [4.78, 5) is 7.59. The maximum absolute atomic E-state index is 14.5. The first-order valence-electron chi connectivity index (χ1n) is 14.4. The molecule has 2 aliphatic heterocycles. The lowest BCUT2D eigenvalue weighted by Gasteiger charge is -2.41. The molecule has 1 aromatic heterocycles. The number of benzene rings is 1. The van der Waals surface area contributed by atoms with Crippen molar-refractivity contribution in [2.45, 2.75) is 90.3 Å². The molecule has 2 saturated heterocycles. The molecule has 0 bridgehead atoms. The van der Waals surface area contributed by atoms with E-state index in [1.165, 1.54) is 55.4 Å². The van der Waals surface area contributed by atoms with Gasteiger partial charge < -0.3 is 9.47 Å². The van der Waals surface area contributed by atoms with E-state index in [1.54, 1.807) is 17.7 Å². The highest BCUT2D eigenvalue weighted by Crippen LogP contribution is 2.37. The number of allylic oxidation sites excluding steroid dienone is 2. The highest BCUT2D eigenvalue weighted by atomic mass is 32.2. The van der Waals surface area contributed by atoms with Crippen LogP contribution >= 0.6 is 0 Å². The lowest BCUT2D eigenvalue weighted by molar-refractivity contribution is 0.116. The summed E-state index contributed by atoms with van der Waals surface area (Å²) in [6.07, 6.45) is 10.3. The Kier molecular flexibility index (Phi) is 9.33. The lowest BCUT2D eigenvalue weighted by atomic mass is 9.86. The van der Waals surface area contributed by atoms with Gasteiger partial charge in [0.25, 0.3) is 0 Å². The number of hydrogen-bond acceptors (Lipinski definition) is 4. The minimum absolute atomic E-state index is 0.192. The summed E-state index contributed by atoms with van der Waals surface area (Å²) >= 11 is -2.11. The molecule has 9 heteroatoms. The normalized spacial score (nSPS) is 22.9. The van der Waals surface area contributed by atoms with E-state index in [0.717, 1.165) is 56.5 Å². The first kappa shape index (κ1) is 27.9. The van der Waals surface area contributed by atoms with Gasteiger partial charge in [0.2, 0.25) is 11.3 Å². The van der Waals surface area contributed by atoms with Gasteiger partial charge in [0, 0.05) is 61.3 Å². The SMILES string of the molecule is CC(C)=C1CCC(N2CCC(n3c(CCNNS(=O)O)c(CN4CCCC4)c4cc(F)ccc43)CC2)CC1. The number of likely N-dealkylation sites (tertiary alicyclic amines) is 2. The van der Waals surface area contributed by atoms with Crippen molar-refractivity contribution in [1.82, 2.24) is 24.6 Å². The fourth-order valence-electron chi connectivity index (χ4n) is 7.05. The Labute approximate surface area is 229 Å². The van der Waals surface area contributed by atoms with Crippen LogP contribution in [0.3, 0.4) is 0 Å². The third-order valence-corrected chi connectivity index (χ3v) is 9.37. The molecule has 3 fully saturated rings. The number of nitrogens with one attached hydrogen (secondary N) is 2. The van der Waals surface area contributed by atoms with Gasteiger partial charge in [-0.2, -0.15) is 4.83 Å². The number of halogens is 1. The first-order chi connectivity index (χ1) is 18.4. The first-order valence-corrected chi connectivity index (χ1v) is 15.5. The summed E-state index contributed by atoms with van der Waals surface area (Å²) in [5.74, 6) is -0.192. The third kappa shape index (κ3) is 6.40. The topological polar surface area (TPSA) is 72.8 Å². The van der Waals surface area contributed by atoms with Crippen LogP contribution in [0.1, 0.15) is 82.5 Å². The Morgan fingerprint density at radius 2 is 1.76 bits per heavy atom. The smallest absolute Gasteiger partial charge is 0.245 e. The molecule has 0 amide bonds. The molecule has 0 spiro atoms. The second-order valence-electron chi connectivity index (χ2n) is 11.6. The molecule has 7 nitrogen and oxygen atoms in total. The van der Waals surface area contributed by atoms with Crippen molar-refractivity contribution in [2.75, 3.05) is 32.7 Å². The van der Waals surface area contributed by atoms with Crippen LogP contribution < -0.4 is 10.3 Å². The van der Waals surface area contributed by atoms with Gasteiger partial charge in [-0.25, -0.2) is 14.0 Å². The molecule has 38 heavy (non-hydrogen) atoms. The minimum Gasteiger partial charge on any atom is -0.341 e. The van der Waals surface area contributed by atoms with Crippen molar-refractivity contribution < 1.29 is 13.2 Å². The van der Waals surface area contributed by atoms with E-state index in [0.29, 0.717) is 25.0 Å². The van der Waals surface area contributed by atoms with Gasteiger partial charge in [-0.05, 0) is 102 Å². The summed E-state index contributed by atoms with van der Waals surface area (Å²) in [5.41, 5.74) is 9.63. The Morgan fingerprint density at radius 1 is 1.05 bits per heavy atom. The predicted octanol–water partition coefficient (Wildman–Crippen LogP) is 5.07. The molecule has 5 rings (SSSR count). The average Bonchev–Trinajstić information content (AvgIpc) is 3.53. The van der Waals surface area contributed by atoms with Crippen LogP contribution in [0.4, 0.5) is 4.39 Å². The molecule has 1 saturated carbocycles. The largest absolute Gasteiger partial charge is 0.341 e. The fourth-order valence-corrected chi connectivity index (χ4v) is 7.28. The van der Waals surface area contributed by atoms with Gasteiger partial charge in [-0.1, -0.05) is 11.1 Å². The molecule has 1 atom stereocenters. The van der Waals surface area contributed by atoms with E-state index >= 15 is 0 Å². The van der Waals surface area contributed by atoms with Crippen LogP contribution in [0.5, 0.6) is 0 Å². The van der Waals surface area contributed by atoms with Gasteiger partial charge in [0.05, 0.1) is 0 Å². The van der Waals surface area contributed by atoms with Gasteiger partial charge in [0.15, 0.2) is 0 Å². The lowest BCUT2D eigenvalue weighted by Crippen LogP contribution is -2.43. The number of fused-ring (bicyclic) bond motifs is 1. The van der Waals surface area contributed by atoms with Crippen molar-refractivity contribution in [1.29, 1.82) is 0 Å². The van der Waals surface area contributed by atoms with E-state index < -0.39 is 11.3 Å². The third-order valence-electron chi connectivity index (χ3n) is 9.06. The van der Waals surface area contributed by atoms with Crippen LogP contribution in [-0.2, 0) is 24.2 Å². The predicted molar refractivity (Wildman–Crippen MR) is 152 cm³/mol. The van der Waals surface area contributed by atoms with Crippen LogP contribution in [0.2, 0.25) is 0 Å². The second-order valence-corrected chi connectivity index (χ2v) is 12.3. The summed E-state index contributed by atoms with van der Waals surface area (Å²) in [6, 6.07) is 6.33. The highest BCUT2D eigenvalue weighted by molar-refractivity contribution is 7.77. The van der Waals surface area contributed by atoms with Crippen molar-refractivity contribution in [2.24, 2.45) is 0 Å². The molecular formula is C29H44FN5O2S. The second kappa shape index (κ2) is 12.7. The zero-order valence-electron chi connectivity index (χ0n) is 23.0. The molecule has 210 valence electrons. The number of nitrogens with zero attached hydrogens (tertiary/aromatic N) is 3. The zero-order valence-corrected chi connectivity index (χ0v) is 23.8. The minimum atomic E-state index is -2.11. The van der Waals surface area contributed by atoms with Crippen LogP contribution in [0, 0.1) is 5.82 Å². The average molecular weight is 546 g/mol. The van der Waals surface area contributed by atoms with Crippen molar-refractivity contribution in [3.05, 3.63) is 46.4 Å². The van der Waals surface area contributed by atoms with Gasteiger partial charge in [-0.3, -0.25) is 9.45 Å². The zero-order chi connectivity index (χ0) is 26.6. The number of aromatic nitrogens is 1. The summed E-state index contributed by atoms with van der Waals surface area (Å²) in [7, 11) is 0. The van der Waals surface area contributed by atoms with Crippen molar-refractivity contribution in [3.8, 4) is 0 Å². The number of rotatable bonds is 9. The Bertz CT molecular complexity index is 1150. The van der Waals surface area contributed by atoms with E-state index in [9.17, 15) is 8.60 Å².